The first-order chi connectivity index (χ1) is 18.6. The van der Waals surface area contributed by atoms with Gasteiger partial charge in [0, 0.05) is 29.7 Å². The molecule has 218 valence electrons. The Hall–Kier alpha value is -2.20. The van der Waals surface area contributed by atoms with E-state index in [0.717, 1.165) is 18.4 Å². The SMILES string of the molecule is CCC(NCC(O)c1ccc2c(c1)CCCC2)C(O)CC(C)(CO)NC(C)C(O)c1cc(OC)ccc1OC. The van der Waals surface area contributed by atoms with Gasteiger partial charge in [0.15, 0.2) is 0 Å². The van der Waals surface area contributed by atoms with Crippen molar-refractivity contribution >= 4 is 0 Å². The molecule has 2 aromatic carbocycles. The second-order valence-electron chi connectivity index (χ2n) is 11.2. The molecular formula is C31H48N2O6. The maximum absolute atomic E-state index is 11.1. The largest absolute Gasteiger partial charge is 0.497 e. The number of aryl methyl sites for hydroxylation is 2. The number of hydrogen-bond acceptors (Lipinski definition) is 8. The highest BCUT2D eigenvalue weighted by molar-refractivity contribution is 5.42. The van der Waals surface area contributed by atoms with Gasteiger partial charge >= 0.3 is 0 Å². The van der Waals surface area contributed by atoms with Crippen LogP contribution in [0, 0.1) is 0 Å². The minimum atomic E-state index is -0.940. The van der Waals surface area contributed by atoms with E-state index in [0.29, 0.717) is 30.0 Å². The van der Waals surface area contributed by atoms with E-state index in [1.54, 1.807) is 32.4 Å². The van der Waals surface area contributed by atoms with Crippen molar-refractivity contribution in [1.29, 1.82) is 0 Å². The van der Waals surface area contributed by atoms with Gasteiger partial charge in [-0.1, -0.05) is 25.1 Å². The molecule has 1 aliphatic rings. The summed E-state index contributed by atoms with van der Waals surface area (Å²) in [5.41, 5.74) is 3.31. The first-order valence-corrected chi connectivity index (χ1v) is 14.1. The second-order valence-corrected chi connectivity index (χ2v) is 11.2. The predicted molar refractivity (Wildman–Crippen MR) is 153 cm³/mol. The van der Waals surface area contributed by atoms with E-state index in [4.69, 9.17) is 9.47 Å². The molecule has 0 radical (unpaired) electrons. The summed E-state index contributed by atoms with van der Waals surface area (Å²) in [6, 6.07) is 10.8. The van der Waals surface area contributed by atoms with Crippen molar-refractivity contribution in [3.63, 3.8) is 0 Å². The number of fused-ring (bicyclic) bond motifs is 1. The van der Waals surface area contributed by atoms with Gasteiger partial charge in [0.1, 0.15) is 11.5 Å². The fraction of sp³-hybridized carbons (Fsp3) is 0.613. The number of hydrogen-bond donors (Lipinski definition) is 6. The number of methoxy groups -OCH3 is 2. The fourth-order valence-corrected chi connectivity index (χ4v) is 5.64. The maximum Gasteiger partial charge on any atom is 0.124 e. The molecule has 1 aliphatic carbocycles. The summed E-state index contributed by atoms with van der Waals surface area (Å²) in [4.78, 5) is 0. The van der Waals surface area contributed by atoms with Crippen molar-refractivity contribution in [2.24, 2.45) is 0 Å². The van der Waals surface area contributed by atoms with Gasteiger partial charge in [-0.05, 0) is 87.3 Å². The monoisotopic (exact) mass is 544 g/mol. The Balaban J connectivity index is 1.61. The van der Waals surface area contributed by atoms with Crippen LogP contribution in [-0.4, -0.2) is 71.5 Å². The van der Waals surface area contributed by atoms with Gasteiger partial charge in [0.05, 0.1) is 39.1 Å². The Morgan fingerprint density at radius 1 is 0.974 bits per heavy atom. The molecule has 6 N–H and O–H groups in total. The Morgan fingerprint density at radius 2 is 1.69 bits per heavy atom. The highest BCUT2D eigenvalue weighted by Gasteiger charge is 2.34. The quantitative estimate of drug-likeness (QED) is 0.202. The molecule has 3 rings (SSSR count). The van der Waals surface area contributed by atoms with Gasteiger partial charge in [0.25, 0.3) is 0 Å². The second kappa shape index (κ2) is 14.4. The van der Waals surface area contributed by atoms with E-state index >= 15 is 0 Å². The van der Waals surface area contributed by atoms with Crippen molar-refractivity contribution in [2.45, 2.75) is 95.2 Å². The third-order valence-electron chi connectivity index (χ3n) is 8.05. The summed E-state index contributed by atoms with van der Waals surface area (Å²) >= 11 is 0. The highest BCUT2D eigenvalue weighted by Crippen LogP contribution is 2.32. The van der Waals surface area contributed by atoms with Crippen molar-refractivity contribution < 1.29 is 29.9 Å². The number of benzene rings is 2. The number of aliphatic hydroxyl groups excluding tert-OH is 4. The highest BCUT2D eigenvalue weighted by atomic mass is 16.5. The van der Waals surface area contributed by atoms with Gasteiger partial charge in [-0.25, -0.2) is 0 Å². The van der Waals surface area contributed by atoms with Gasteiger partial charge < -0.3 is 40.5 Å². The van der Waals surface area contributed by atoms with Crippen LogP contribution in [0.25, 0.3) is 0 Å². The van der Waals surface area contributed by atoms with Crippen molar-refractivity contribution in [2.75, 3.05) is 27.4 Å². The van der Waals surface area contributed by atoms with Crippen LogP contribution in [0.5, 0.6) is 11.5 Å². The van der Waals surface area contributed by atoms with Crippen LogP contribution in [0.4, 0.5) is 0 Å². The first-order valence-electron chi connectivity index (χ1n) is 14.1. The summed E-state index contributed by atoms with van der Waals surface area (Å²) in [6.45, 7) is 5.73. The predicted octanol–water partition coefficient (Wildman–Crippen LogP) is 3.20. The Labute approximate surface area is 233 Å². The Morgan fingerprint density at radius 3 is 2.33 bits per heavy atom. The molecule has 0 aliphatic heterocycles. The molecule has 6 unspecified atom stereocenters. The van der Waals surface area contributed by atoms with E-state index in [9.17, 15) is 20.4 Å². The zero-order valence-electron chi connectivity index (χ0n) is 24.1. The zero-order chi connectivity index (χ0) is 28.6. The van der Waals surface area contributed by atoms with Crippen LogP contribution < -0.4 is 20.1 Å². The van der Waals surface area contributed by atoms with E-state index in [1.165, 1.54) is 24.0 Å². The normalized spacial score (nSPS) is 18.8. The molecule has 2 aromatic rings. The van der Waals surface area contributed by atoms with E-state index in [1.807, 2.05) is 26.8 Å². The van der Waals surface area contributed by atoms with Crippen LogP contribution in [-0.2, 0) is 12.8 Å². The Kier molecular flexibility index (Phi) is 11.6. The van der Waals surface area contributed by atoms with Crippen LogP contribution in [0.2, 0.25) is 0 Å². The fourth-order valence-electron chi connectivity index (χ4n) is 5.64. The molecule has 0 bridgehead atoms. The average Bonchev–Trinajstić information content (AvgIpc) is 2.96. The molecule has 0 aromatic heterocycles. The van der Waals surface area contributed by atoms with Crippen molar-refractivity contribution in [3.05, 3.63) is 58.7 Å². The molecule has 0 saturated carbocycles. The lowest BCUT2D eigenvalue weighted by molar-refractivity contribution is 0.0372. The molecule has 0 spiro atoms. The molecule has 0 saturated heterocycles. The first kappa shape index (κ1) is 31.3. The van der Waals surface area contributed by atoms with Crippen molar-refractivity contribution in [1.82, 2.24) is 10.6 Å². The molecular weight excluding hydrogens is 496 g/mol. The number of aliphatic hydroxyl groups is 4. The molecule has 6 atom stereocenters. The van der Waals surface area contributed by atoms with Crippen molar-refractivity contribution in [3.8, 4) is 11.5 Å². The molecule has 0 fully saturated rings. The number of rotatable bonds is 15. The standard InChI is InChI=1S/C31H48N2O6/c1-6-26(32-18-28(36)23-12-11-21-9-7-8-10-22(21)15-23)27(35)17-31(3,19-34)33-20(2)30(37)25-16-24(38-4)13-14-29(25)39-5/h11-16,20,26-28,30,32-37H,6-10,17-19H2,1-5H3. The average molecular weight is 545 g/mol. The Bertz CT molecular complexity index is 1050. The summed E-state index contributed by atoms with van der Waals surface area (Å²) in [7, 11) is 3.11. The van der Waals surface area contributed by atoms with Crippen LogP contribution in [0.1, 0.15) is 80.9 Å². The number of ether oxygens (including phenoxy) is 2. The lowest BCUT2D eigenvalue weighted by Gasteiger charge is -2.37. The molecule has 0 amide bonds. The van der Waals surface area contributed by atoms with Crippen LogP contribution >= 0.6 is 0 Å². The van der Waals surface area contributed by atoms with Gasteiger partial charge in [-0.3, -0.25) is 0 Å². The summed E-state index contributed by atoms with van der Waals surface area (Å²) in [6.07, 6.45) is 3.08. The lowest BCUT2D eigenvalue weighted by atomic mass is 9.88. The summed E-state index contributed by atoms with van der Waals surface area (Å²) in [5, 5.41) is 50.0. The van der Waals surface area contributed by atoms with Gasteiger partial charge in [-0.2, -0.15) is 0 Å². The van der Waals surface area contributed by atoms with Gasteiger partial charge in [-0.15, -0.1) is 0 Å². The summed E-state index contributed by atoms with van der Waals surface area (Å²) < 4.78 is 10.7. The smallest absolute Gasteiger partial charge is 0.124 e. The zero-order valence-corrected chi connectivity index (χ0v) is 24.1. The van der Waals surface area contributed by atoms with E-state index in [-0.39, 0.29) is 19.1 Å². The van der Waals surface area contributed by atoms with Crippen LogP contribution in [0.15, 0.2) is 36.4 Å². The topological polar surface area (TPSA) is 123 Å². The van der Waals surface area contributed by atoms with Gasteiger partial charge in [0.2, 0.25) is 0 Å². The third kappa shape index (κ3) is 8.16. The van der Waals surface area contributed by atoms with E-state index in [2.05, 4.69) is 22.8 Å². The van der Waals surface area contributed by atoms with E-state index < -0.39 is 29.9 Å². The maximum atomic E-state index is 11.1. The molecule has 0 heterocycles. The number of nitrogens with one attached hydrogen (secondary N) is 2. The summed E-state index contributed by atoms with van der Waals surface area (Å²) in [5.74, 6) is 1.14. The molecule has 8 nitrogen and oxygen atoms in total. The lowest BCUT2D eigenvalue weighted by Crippen LogP contribution is -2.55. The molecule has 39 heavy (non-hydrogen) atoms. The minimum Gasteiger partial charge on any atom is -0.497 e. The third-order valence-corrected chi connectivity index (χ3v) is 8.05. The minimum absolute atomic E-state index is 0.232. The van der Waals surface area contributed by atoms with Crippen LogP contribution in [0.3, 0.4) is 0 Å². The molecule has 8 heteroatoms.